The molecule has 0 aliphatic rings. The molecule has 13 heavy (non-hydrogen) atoms. The van der Waals surface area contributed by atoms with E-state index in [-0.39, 0.29) is 0 Å². The molecule has 0 N–H and O–H groups in total. The molecule has 3 heteroatoms. The van der Waals surface area contributed by atoms with Crippen LogP contribution in [0.3, 0.4) is 0 Å². The first-order valence-corrected chi connectivity index (χ1v) is 9.60. The van der Waals surface area contributed by atoms with Crippen molar-refractivity contribution in [3.05, 3.63) is 0 Å². The lowest BCUT2D eigenvalue weighted by Crippen LogP contribution is -1.90. The average molecular weight is 237 g/mol. The zero-order valence-electron chi connectivity index (χ0n) is 8.92. The second-order valence-corrected chi connectivity index (χ2v) is 11.1. The summed E-state index contributed by atoms with van der Waals surface area (Å²) in [6, 6.07) is 0. The summed E-state index contributed by atoms with van der Waals surface area (Å²) in [5, 5.41) is -1.34. The van der Waals surface area contributed by atoms with Gasteiger partial charge in [0.2, 0.25) is 0 Å². The highest BCUT2D eigenvalue weighted by Crippen LogP contribution is 2.52. The number of hydrogen-bond acceptors (Lipinski definition) is 1. The Labute approximate surface area is 94.0 Å². The molecule has 0 rings (SSSR count). The number of rotatable bonds is 8. The molecule has 0 saturated carbocycles. The number of hydrogen-bond donors (Lipinski definition) is 0. The summed E-state index contributed by atoms with van der Waals surface area (Å²) in [4.78, 5) is 0. The summed E-state index contributed by atoms with van der Waals surface area (Å²) in [6.07, 6.45) is 10.0. The molecule has 1 radical (unpaired) electrons. The molecule has 0 nitrogen and oxygen atoms in total. The van der Waals surface area contributed by atoms with Crippen LogP contribution in [0.2, 0.25) is 0 Å². The van der Waals surface area contributed by atoms with Gasteiger partial charge in [0.25, 0.3) is 0 Å². The molecule has 0 aliphatic carbocycles. The van der Waals surface area contributed by atoms with Crippen LogP contribution < -0.4 is 0 Å². The Bertz CT molecular complexity index is 143. The van der Waals surface area contributed by atoms with Gasteiger partial charge in [0.1, 0.15) is 0 Å². The lowest BCUT2D eigenvalue weighted by Gasteiger charge is -2.13. The molecule has 0 aromatic carbocycles. The molecular weight excluding hydrogens is 215 g/mol. The van der Waals surface area contributed by atoms with E-state index < -0.39 is 5.24 Å². The highest BCUT2D eigenvalue weighted by molar-refractivity contribution is 8.63. The van der Waals surface area contributed by atoms with E-state index in [2.05, 4.69) is 13.8 Å². The maximum atomic E-state index is 5.50. The highest BCUT2D eigenvalue weighted by atomic mass is 32.9. The van der Waals surface area contributed by atoms with Gasteiger partial charge >= 0.3 is 0 Å². The van der Waals surface area contributed by atoms with E-state index in [1.165, 1.54) is 38.5 Å². The first-order chi connectivity index (χ1) is 6.12. The van der Waals surface area contributed by atoms with E-state index >= 15 is 0 Å². The number of unbranched alkanes of at least 4 members (excludes halogenated alkanes) is 4. The molecule has 79 valence electrons. The molecule has 0 atom stereocenters. The summed E-state index contributed by atoms with van der Waals surface area (Å²) in [5.74, 6) is 0. The largest absolute Gasteiger partial charge is 0.0851 e. The van der Waals surface area contributed by atoms with Gasteiger partial charge in [-0.3, -0.25) is 0 Å². The Kier molecular flexibility index (Phi) is 8.96. The molecule has 0 saturated heterocycles. The molecule has 0 heterocycles. The predicted molar refractivity (Wildman–Crippen MR) is 70.7 cm³/mol. The zero-order chi connectivity index (χ0) is 10.2. The van der Waals surface area contributed by atoms with Crippen molar-refractivity contribution in [3.63, 3.8) is 0 Å². The van der Waals surface area contributed by atoms with Gasteiger partial charge in [-0.05, 0) is 25.2 Å². The molecule has 0 aliphatic heterocycles. The predicted octanol–water partition coefficient (Wildman–Crippen LogP) is 4.96. The normalized spacial score (nSPS) is 11.9. The SMILES string of the molecule is CCCCCP([S])(=S)CCCCC. The van der Waals surface area contributed by atoms with Crippen LogP contribution in [0.25, 0.3) is 0 Å². The average Bonchev–Trinajstić information content (AvgIpc) is 2.05. The minimum atomic E-state index is -1.34. The van der Waals surface area contributed by atoms with Gasteiger partial charge in [0.15, 0.2) is 0 Å². The third-order valence-electron chi connectivity index (χ3n) is 2.20. The fraction of sp³-hybridized carbons (Fsp3) is 1.00. The van der Waals surface area contributed by atoms with Crippen molar-refractivity contribution in [1.29, 1.82) is 0 Å². The molecule has 0 bridgehead atoms. The summed E-state index contributed by atoms with van der Waals surface area (Å²) in [6.45, 7) is 4.45. The van der Waals surface area contributed by atoms with E-state index in [4.69, 9.17) is 24.1 Å². The Morgan fingerprint density at radius 3 is 1.54 bits per heavy atom. The van der Waals surface area contributed by atoms with E-state index in [0.717, 1.165) is 12.3 Å². The Morgan fingerprint density at radius 2 is 1.23 bits per heavy atom. The molecule has 0 amide bonds. The molecular formula is C10H22PS2. The van der Waals surface area contributed by atoms with Crippen LogP contribution in [-0.2, 0) is 11.8 Å². The summed E-state index contributed by atoms with van der Waals surface area (Å²) in [5.41, 5.74) is 0. The molecule has 0 spiro atoms. The fourth-order valence-electron chi connectivity index (χ4n) is 1.32. The second-order valence-electron chi connectivity index (χ2n) is 3.68. The molecule has 0 fully saturated rings. The van der Waals surface area contributed by atoms with Gasteiger partial charge in [0.05, 0.1) is 0 Å². The van der Waals surface area contributed by atoms with Gasteiger partial charge in [-0.2, -0.15) is 0 Å². The monoisotopic (exact) mass is 237 g/mol. The first kappa shape index (κ1) is 14.0. The smallest absolute Gasteiger partial charge is 0.0182 e. The van der Waals surface area contributed by atoms with Gasteiger partial charge < -0.3 is 0 Å². The second kappa shape index (κ2) is 8.32. The van der Waals surface area contributed by atoms with Gasteiger partial charge in [-0.15, -0.1) is 0 Å². The van der Waals surface area contributed by atoms with Crippen molar-refractivity contribution in [3.8, 4) is 0 Å². The van der Waals surface area contributed by atoms with Crippen molar-refractivity contribution in [1.82, 2.24) is 0 Å². The van der Waals surface area contributed by atoms with Crippen molar-refractivity contribution in [2.24, 2.45) is 0 Å². The van der Waals surface area contributed by atoms with Crippen LogP contribution in [-0.4, -0.2) is 12.3 Å². The van der Waals surface area contributed by atoms with Crippen LogP contribution in [0.5, 0.6) is 0 Å². The van der Waals surface area contributed by atoms with Gasteiger partial charge in [-0.25, -0.2) is 0 Å². The molecule has 0 aromatic heterocycles. The minimum Gasteiger partial charge on any atom is -0.0851 e. The summed E-state index contributed by atoms with van der Waals surface area (Å²) in [7, 11) is 0. The summed E-state index contributed by atoms with van der Waals surface area (Å²) < 4.78 is 0. The Morgan fingerprint density at radius 1 is 0.846 bits per heavy atom. The van der Waals surface area contributed by atoms with Crippen molar-refractivity contribution >= 4 is 29.3 Å². The topological polar surface area (TPSA) is 0 Å². The van der Waals surface area contributed by atoms with E-state index in [9.17, 15) is 0 Å². The van der Waals surface area contributed by atoms with Crippen LogP contribution in [0.4, 0.5) is 0 Å². The Balaban J connectivity index is 3.49. The summed E-state index contributed by atoms with van der Waals surface area (Å²) >= 11 is 11.0. The standard InChI is InChI=1S/C10H22PS2/c1-3-5-7-9-11(12,13)10-8-6-4-2/h3-10H2,1-2H3. The van der Waals surface area contributed by atoms with E-state index in [1.54, 1.807) is 0 Å². The third kappa shape index (κ3) is 9.31. The van der Waals surface area contributed by atoms with E-state index in [0.29, 0.717) is 0 Å². The fourth-order valence-corrected chi connectivity index (χ4v) is 4.50. The van der Waals surface area contributed by atoms with Crippen molar-refractivity contribution in [2.45, 2.75) is 52.4 Å². The van der Waals surface area contributed by atoms with Crippen LogP contribution >= 0.6 is 17.5 Å². The minimum absolute atomic E-state index is 1.16. The van der Waals surface area contributed by atoms with Gasteiger partial charge in [0, 0.05) is 5.24 Å². The Hall–Kier alpha value is 1.00. The van der Waals surface area contributed by atoms with Crippen LogP contribution in [0, 0.1) is 0 Å². The van der Waals surface area contributed by atoms with Crippen molar-refractivity contribution < 1.29 is 0 Å². The quantitative estimate of drug-likeness (QED) is 0.425. The lowest BCUT2D eigenvalue weighted by molar-refractivity contribution is 0.764. The van der Waals surface area contributed by atoms with E-state index in [1.807, 2.05) is 0 Å². The lowest BCUT2D eigenvalue weighted by atomic mass is 10.3. The van der Waals surface area contributed by atoms with Gasteiger partial charge in [-0.1, -0.05) is 63.6 Å². The maximum Gasteiger partial charge on any atom is 0.0182 e. The van der Waals surface area contributed by atoms with Crippen LogP contribution in [0.15, 0.2) is 0 Å². The van der Waals surface area contributed by atoms with Crippen molar-refractivity contribution in [2.75, 3.05) is 12.3 Å². The highest BCUT2D eigenvalue weighted by Gasteiger charge is 2.10. The molecule has 0 unspecified atom stereocenters. The van der Waals surface area contributed by atoms with Crippen LogP contribution in [0.1, 0.15) is 52.4 Å². The maximum absolute atomic E-state index is 5.50. The first-order valence-electron chi connectivity index (χ1n) is 5.41. The zero-order valence-corrected chi connectivity index (χ0v) is 11.4. The third-order valence-corrected chi connectivity index (χ3v) is 6.39. The molecule has 0 aromatic rings.